The first-order valence-corrected chi connectivity index (χ1v) is 5.65. The molecule has 0 unspecified atom stereocenters. The third kappa shape index (κ3) is 2.40. The largest absolute Gasteiger partial charge is 0.497 e. The van der Waals surface area contributed by atoms with Gasteiger partial charge in [0.1, 0.15) is 5.75 Å². The molecule has 0 aliphatic heterocycles. The van der Waals surface area contributed by atoms with Gasteiger partial charge in [-0.05, 0) is 35.4 Å². The van der Waals surface area contributed by atoms with Crippen LogP contribution in [0.15, 0.2) is 42.5 Å². The summed E-state index contributed by atoms with van der Waals surface area (Å²) < 4.78 is 15.7. The maximum absolute atomic E-state index is 5.29. The molecule has 3 heteroatoms. The fourth-order valence-electron chi connectivity index (χ4n) is 1.80. The van der Waals surface area contributed by atoms with Crippen LogP contribution < -0.4 is 14.2 Å². The SMILES string of the molecule is COc1ccc(-c2ccc(OC)c(OC)c2)cc1. The van der Waals surface area contributed by atoms with Gasteiger partial charge in [0.05, 0.1) is 21.3 Å². The molecular weight excluding hydrogens is 228 g/mol. The molecule has 2 aromatic carbocycles. The minimum atomic E-state index is 0.728. The van der Waals surface area contributed by atoms with E-state index in [9.17, 15) is 0 Å². The van der Waals surface area contributed by atoms with Gasteiger partial charge in [-0.2, -0.15) is 0 Å². The van der Waals surface area contributed by atoms with E-state index in [0.29, 0.717) is 0 Å². The molecule has 94 valence electrons. The Morgan fingerprint density at radius 1 is 0.611 bits per heavy atom. The van der Waals surface area contributed by atoms with Crippen molar-refractivity contribution in [2.24, 2.45) is 0 Å². The first kappa shape index (κ1) is 12.3. The zero-order chi connectivity index (χ0) is 13.0. The molecule has 2 rings (SSSR count). The molecule has 0 atom stereocenters. The van der Waals surface area contributed by atoms with Crippen molar-refractivity contribution in [2.45, 2.75) is 0 Å². The van der Waals surface area contributed by atoms with Gasteiger partial charge in [0, 0.05) is 0 Å². The van der Waals surface area contributed by atoms with Crippen LogP contribution in [0.4, 0.5) is 0 Å². The highest BCUT2D eigenvalue weighted by molar-refractivity contribution is 5.67. The zero-order valence-corrected chi connectivity index (χ0v) is 10.8. The van der Waals surface area contributed by atoms with Crippen LogP contribution in [0, 0.1) is 0 Å². The number of ether oxygens (including phenoxy) is 3. The van der Waals surface area contributed by atoms with Crippen LogP contribution in [-0.4, -0.2) is 21.3 Å². The Hall–Kier alpha value is -2.16. The van der Waals surface area contributed by atoms with Gasteiger partial charge >= 0.3 is 0 Å². The Labute approximate surface area is 107 Å². The zero-order valence-electron chi connectivity index (χ0n) is 10.8. The molecule has 3 nitrogen and oxygen atoms in total. The Balaban J connectivity index is 2.37. The number of methoxy groups -OCH3 is 3. The Bertz CT molecular complexity index is 518. The highest BCUT2D eigenvalue weighted by Crippen LogP contribution is 2.32. The summed E-state index contributed by atoms with van der Waals surface area (Å²) in [6.07, 6.45) is 0. The van der Waals surface area contributed by atoms with Crippen LogP contribution >= 0.6 is 0 Å². The van der Waals surface area contributed by atoms with Crippen molar-refractivity contribution in [3.63, 3.8) is 0 Å². The summed E-state index contributed by atoms with van der Waals surface area (Å²) in [5.74, 6) is 2.31. The molecule has 0 fully saturated rings. The summed E-state index contributed by atoms with van der Waals surface area (Å²) in [6.45, 7) is 0. The van der Waals surface area contributed by atoms with E-state index in [2.05, 4.69) is 0 Å². The van der Waals surface area contributed by atoms with E-state index in [-0.39, 0.29) is 0 Å². The predicted molar refractivity (Wildman–Crippen MR) is 71.5 cm³/mol. The van der Waals surface area contributed by atoms with E-state index < -0.39 is 0 Å². The van der Waals surface area contributed by atoms with Gasteiger partial charge in [-0.25, -0.2) is 0 Å². The van der Waals surface area contributed by atoms with Crippen molar-refractivity contribution in [1.29, 1.82) is 0 Å². The van der Waals surface area contributed by atoms with Crippen LogP contribution in [0.3, 0.4) is 0 Å². The second-order valence-corrected chi connectivity index (χ2v) is 3.80. The van der Waals surface area contributed by atoms with E-state index in [1.807, 2.05) is 42.5 Å². The molecule has 18 heavy (non-hydrogen) atoms. The molecule has 0 saturated carbocycles. The first-order valence-electron chi connectivity index (χ1n) is 5.65. The molecule has 2 aromatic rings. The van der Waals surface area contributed by atoms with Crippen LogP contribution in [-0.2, 0) is 0 Å². The lowest BCUT2D eigenvalue weighted by atomic mass is 10.1. The lowest BCUT2D eigenvalue weighted by molar-refractivity contribution is 0.355. The maximum atomic E-state index is 5.29. The number of rotatable bonds is 4. The quantitative estimate of drug-likeness (QED) is 0.825. The van der Waals surface area contributed by atoms with Crippen molar-refractivity contribution in [2.75, 3.05) is 21.3 Å². The van der Waals surface area contributed by atoms with Crippen LogP contribution in [0.5, 0.6) is 17.2 Å². The summed E-state index contributed by atoms with van der Waals surface area (Å²) in [7, 11) is 4.92. The van der Waals surface area contributed by atoms with Gasteiger partial charge in [-0.15, -0.1) is 0 Å². The lowest BCUT2D eigenvalue weighted by Gasteiger charge is -2.10. The van der Waals surface area contributed by atoms with Gasteiger partial charge in [-0.3, -0.25) is 0 Å². The van der Waals surface area contributed by atoms with E-state index in [1.165, 1.54) is 0 Å². The molecule has 0 radical (unpaired) electrons. The second-order valence-electron chi connectivity index (χ2n) is 3.80. The summed E-state index contributed by atoms with van der Waals surface area (Å²) in [4.78, 5) is 0. The minimum Gasteiger partial charge on any atom is -0.497 e. The highest BCUT2D eigenvalue weighted by atomic mass is 16.5. The molecule has 0 N–H and O–H groups in total. The number of hydrogen-bond acceptors (Lipinski definition) is 3. The average molecular weight is 244 g/mol. The van der Waals surface area contributed by atoms with Crippen LogP contribution in [0.25, 0.3) is 11.1 Å². The normalized spacial score (nSPS) is 9.94. The predicted octanol–water partition coefficient (Wildman–Crippen LogP) is 3.38. The second kappa shape index (κ2) is 5.45. The summed E-state index contributed by atoms with van der Waals surface area (Å²) in [5.41, 5.74) is 2.19. The summed E-state index contributed by atoms with van der Waals surface area (Å²) in [6, 6.07) is 13.8. The van der Waals surface area contributed by atoms with Crippen LogP contribution in [0.1, 0.15) is 0 Å². The van der Waals surface area contributed by atoms with Gasteiger partial charge in [-0.1, -0.05) is 18.2 Å². The summed E-state index contributed by atoms with van der Waals surface area (Å²) >= 11 is 0. The molecule has 0 aromatic heterocycles. The van der Waals surface area contributed by atoms with Crippen molar-refractivity contribution >= 4 is 0 Å². The Morgan fingerprint density at radius 3 is 1.78 bits per heavy atom. The Morgan fingerprint density at radius 2 is 1.22 bits per heavy atom. The first-order chi connectivity index (χ1) is 8.78. The molecule has 0 amide bonds. The molecule has 0 spiro atoms. The average Bonchev–Trinajstić information content (AvgIpc) is 2.46. The standard InChI is InChI=1S/C15H16O3/c1-16-13-7-4-11(5-8-13)12-6-9-14(17-2)15(10-12)18-3/h4-10H,1-3H3. The van der Waals surface area contributed by atoms with Crippen molar-refractivity contribution in [3.05, 3.63) is 42.5 Å². The highest BCUT2D eigenvalue weighted by Gasteiger charge is 2.06. The molecule has 0 aliphatic carbocycles. The van der Waals surface area contributed by atoms with Gasteiger partial charge in [0.2, 0.25) is 0 Å². The minimum absolute atomic E-state index is 0.728. The van der Waals surface area contributed by atoms with Gasteiger partial charge < -0.3 is 14.2 Å². The molecule has 0 heterocycles. The topological polar surface area (TPSA) is 27.7 Å². The summed E-state index contributed by atoms with van der Waals surface area (Å²) in [5, 5.41) is 0. The lowest BCUT2D eigenvalue weighted by Crippen LogP contribution is -1.90. The maximum Gasteiger partial charge on any atom is 0.161 e. The van der Waals surface area contributed by atoms with Crippen molar-refractivity contribution in [1.82, 2.24) is 0 Å². The molecular formula is C15H16O3. The van der Waals surface area contributed by atoms with Gasteiger partial charge in [0.25, 0.3) is 0 Å². The molecule has 0 bridgehead atoms. The van der Waals surface area contributed by atoms with E-state index in [4.69, 9.17) is 14.2 Å². The number of hydrogen-bond donors (Lipinski definition) is 0. The third-order valence-electron chi connectivity index (χ3n) is 2.81. The fraction of sp³-hybridized carbons (Fsp3) is 0.200. The monoisotopic (exact) mass is 244 g/mol. The number of benzene rings is 2. The smallest absolute Gasteiger partial charge is 0.161 e. The van der Waals surface area contributed by atoms with Crippen LogP contribution in [0.2, 0.25) is 0 Å². The van der Waals surface area contributed by atoms with Crippen molar-refractivity contribution < 1.29 is 14.2 Å². The van der Waals surface area contributed by atoms with E-state index >= 15 is 0 Å². The third-order valence-corrected chi connectivity index (χ3v) is 2.81. The Kier molecular flexibility index (Phi) is 3.72. The van der Waals surface area contributed by atoms with Crippen molar-refractivity contribution in [3.8, 4) is 28.4 Å². The van der Waals surface area contributed by atoms with E-state index in [1.54, 1.807) is 21.3 Å². The molecule has 0 aliphatic rings. The fourth-order valence-corrected chi connectivity index (χ4v) is 1.80. The van der Waals surface area contributed by atoms with Gasteiger partial charge in [0.15, 0.2) is 11.5 Å². The molecule has 0 saturated heterocycles. The van der Waals surface area contributed by atoms with E-state index in [0.717, 1.165) is 28.4 Å².